The van der Waals surface area contributed by atoms with E-state index in [-0.39, 0.29) is 17.5 Å². The van der Waals surface area contributed by atoms with Crippen molar-refractivity contribution in [1.82, 2.24) is 10.4 Å². The van der Waals surface area contributed by atoms with Crippen molar-refractivity contribution in [2.75, 3.05) is 7.11 Å². The number of pyridine rings is 1. The fraction of sp³-hybridized carbons (Fsp3) is 0.0952. The predicted octanol–water partition coefficient (Wildman–Crippen LogP) is 3.86. The average molecular weight is 406 g/mol. The Balaban J connectivity index is 1.67. The third-order valence-corrected chi connectivity index (χ3v) is 4.03. The summed E-state index contributed by atoms with van der Waals surface area (Å²) in [5.74, 6) is 0.650. The van der Waals surface area contributed by atoms with Crippen molar-refractivity contribution in [3.05, 3.63) is 87.6 Å². The molecule has 0 saturated heterocycles. The Hall–Kier alpha value is -4.27. The summed E-state index contributed by atoms with van der Waals surface area (Å²) in [7, 11) is 1.48. The van der Waals surface area contributed by atoms with E-state index in [0.717, 1.165) is 11.8 Å². The maximum Gasteiger partial charge on any atom is 0.287 e. The number of carbonyl (C=O) groups is 1. The normalized spacial score (nSPS) is 10.6. The molecule has 2 aromatic carbocycles. The van der Waals surface area contributed by atoms with Crippen LogP contribution in [0.15, 0.2) is 65.9 Å². The number of methoxy groups -OCH3 is 1. The number of carbonyl (C=O) groups excluding carboxylic acids is 1. The van der Waals surface area contributed by atoms with E-state index in [0.29, 0.717) is 22.6 Å². The second kappa shape index (κ2) is 9.28. The third kappa shape index (κ3) is 5.16. The first-order chi connectivity index (χ1) is 14.5. The molecule has 3 rings (SSSR count). The highest BCUT2D eigenvalue weighted by molar-refractivity contribution is 5.94. The predicted molar refractivity (Wildman–Crippen MR) is 110 cm³/mol. The summed E-state index contributed by atoms with van der Waals surface area (Å²) in [5.41, 5.74) is 4.57. The Bertz CT molecular complexity index is 1080. The van der Waals surface area contributed by atoms with Crippen LogP contribution in [0.2, 0.25) is 0 Å². The van der Waals surface area contributed by atoms with E-state index in [2.05, 4.69) is 15.5 Å². The number of hydrazone groups is 1. The second-order valence-corrected chi connectivity index (χ2v) is 6.19. The smallest absolute Gasteiger partial charge is 0.287 e. The zero-order valence-corrected chi connectivity index (χ0v) is 16.2. The molecule has 1 aromatic heterocycles. The molecule has 0 aliphatic rings. The quantitative estimate of drug-likeness (QED) is 0.362. The molecule has 0 saturated carbocycles. The number of hydrogen-bond donors (Lipinski definition) is 1. The molecule has 0 aliphatic heterocycles. The molecule has 0 bridgehead atoms. The SMILES string of the molecule is COc1cc(/C=N\NC(=O)c2ccc(C)cc2)ccc1Oc1ccc([N+](=O)[O-])cn1. The lowest BCUT2D eigenvalue weighted by Crippen LogP contribution is -2.17. The largest absolute Gasteiger partial charge is 0.493 e. The molecule has 152 valence electrons. The van der Waals surface area contributed by atoms with Crippen LogP contribution in [0.3, 0.4) is 0 Å². The Morgan fingerprint density at radius 3 is 2.53 bits per heavy atom. The molecule has 0 spiro atoms. The van der Waals surface area contributed by atoms with E-state index >= 15 is 0 Å². The highest BCUT2D eigenvalue weighted by Gasteiger charge is 2.10. The van der Waals surface area contributed by atoms with Gasteiger partial charge in [-0.1, -0.05) is 17.7 Å². The molecule has 1 heterocycles. The monoisotopic (exact) mass is 406 g/mol. The van der Waals surface area contributed by atoms with Crippen LogP contribution in [-0.4, -0.2) is 29.1 Å². The van der Waals surface area contributed by atoms with Gasteiger partial charge >= 0.3 is 0 Å². The van der Waals surface area contributed by atoms with Crippen LogP contribution >= 0.6 is 0 Å². The average Bonchev–Trinajstić information content (AvgIpc) is 2.75. The lowest BCUT2D eigenvalue weighted by atomic mass is 10.1. The summed E-state index contributed by atoms with van der Waals surface area (Å²) in [6.45, 7) is 1.94. The van der Waals surface area contributed by atoms with E-state index in [1.54, 1.807) is 30.3 Å². The maximum absolute atomic E-state index is 12.1. The van der Waals surface area contributed by atoms with Crippen molar-refractivity contribution < 1.29 is 19.2 Å². The molecule has 3 aromatic rings. The summed E-state index contributed by atoms with van der Waals surface area (Å²) < 4.78 is 10.9. The van der Waals surface area contributed by atoms with E-state index in [4.69, 9.17) is 9.47 Å². The number of amides is 1. The first-order valence-electron chi connectivity index (χ1n) is 8.82. The molecule has 0 atom stereocenters. The fourth-order valence-corrected chi connectivity index (χ4v) is 2.44. The summed E-state index contributed by atoms with van der Waals surface area (Å²) in [6.07, 6.45) is 2.59. The number of benzene rings is 2. The minimum atomic E-state index is -0.539. The molecule has 0 aliphatic carbocycles. The molecule has 30 heavy (non-hydrogen) atoms. The number of rotatable bonds is 7. The van der Waals surface area contributed by atoms with Crippen LogP contribution in [0.25, 0.3) is 0 Å². The van der Waals surface area contributed by atoms with Crippen molar-refractivity contribution in [3.8, 4) is 17.4 Å². The third-order valence-electron chi connectivity index (χ3n) is 4.03. The van der Waals surface area contributed by atoms with Crippen LogP contribution in [0, 0.1) is 17.0 Å². The summed E-state index contributed by atoms with van der Waals surface area (Å²) in [4.78, 5) is 26.1. The van der Waals surface area contributed by atoms with Gasteiger partial charge in [0, 0.05) is 17.7 Å². The molecule has 0 fully saturated rings. The van der Waals surface area contributed by atoms with Crippen LogP contribution < -0.4 is 14.9 Å². The molecular formula is C21H18N4O5. The Morgan fingerprint density at radius 1 is 1.13 bits per heavy atom. The van der Waals surface area contributed by atoms with Gasteiger partial charge in [-0.05, 0) is 42.8 Å². The van der Waals surface area contributed by atoms with Crippen LogP contribution in [-0.2, 0) is 0 Å². The lowest BCUT2D eigenvalue weighted by molar-refractivity contribution is -0.385. The number of nitro groups is 1. The van der Waals surface area contributed by atoms with E-state index < -0.39 is 4.92 Å². The highest BCUT2D eigenvalue weighted by Crippen LogP contribution is 2.31. The number of aryl methyl sites for hydroxylation is 1. The van der Waals surface area contributed by atoms with Gasteiger partial charge in [0.15, 0.2) is 11.5 Å². The van der Waals surface area contributed by atoms with E-state index in [1.165, 1.54) is 25.5 Å². The van der Waals surface area contributed by atoms with Crippen LogP contribution in [0.4, 0.5) is 5.69 Å². The fourth-order valence-electron chi connectivity index (χ4n) is 2.44. The van der Waals surface area contributed by atoms with Crippen molar-refractivity contribution in [3.63, 3.8) is 0 Å². The molecule has 1 amide bonds. The zero-order valence-electron chi connectivity index (χ0n) is 16.2. The summed E-state index contributed by atoms with van der Waals surface area (Å²) in [6, 6.07) is 14.9. The topological polar surface area (TPSA) is 116 Å². The minimum Gasteiger partial charge on any atom is -0.493 e. The highest BCUT2D eigenvalue weighted by atomic mass is 16.6. The van der Waals surface area contributed by atoms with Gasteiger partial charge < -0.3 is 9.47 Å². The van der Waals surface area contributed by atoms with Crippen molar-refractivity contribution >= 4 is 17.8 Å². The Labute approximate surface area is 172 Å². The van der Waals surface area contributed by atoms with E-state index in [9.17, 15) is 14.9 Å². The van der Waals surface area contributed by atoms with Gasteiger partial charge in [0.1, 0.15) is 6.20 Å². The van der Waals surface area contributed by atoms with Crippen LogP contribution in [0.5, 0.6) is 17.4 Å². The van der Waals surface area contributed by atoms with Gasteiger partial charge in [-0.3, -0.25) is 14.9 Å². The number of hydrogen-bond acceptors (Lipinski definition) is 7. The van der Waals surface area contributed by atoms with Gasteiger partial charge in [-0.15, -0.1) is 0 Å². The first-order valence-corrected chi connectivity index (χ1v) is 8.82. The van der Waals surface area contributed by atoms with Crippen molar-refractivity contribution in [2.24, 2.45) is 5.10 Å². The maximum atomic E-state index is 12.1. The van der Waals surface area contributed by atoms with Crippen molar-refractivity contribution in [2.45, 2.75) is 6.92 Å². The van der Waals surface area contributed by atoms with Gasteiger partial charge in [0.2, 0.25) is 5.88 Å². The summed E-state index contributed by atoms with van der Waals surface area (Å²) >= 11 is 0. The zero-order chi connectivity index (χ0) is 21.5. The lowest BCUT2D eigenvalue weighted by Gasteiger charge is -2.10. The van der Waals surface area contributed by atoms with Gasteiger partial charge in [-0.2, -0.15) is 5.10 Å². The molecule has 9 nitrogen and oxygen atoms in total. The van der Waals surface area contributed by atoms with Gasteiger partial charge in [0.05, 0.1) is 18.2 Å². The molecule has 0 radical (unpaired) electrons. The minimum absolute atomic E-state index is 0.131. The molecular weight excluding hydrogens is 388 g/mol. The standard InChI is InChI=1S/C21H18N4O5/c1-14-3-6-16(7-4-14)21(26)24-23-12-15-5-9-18(19(11-15)29-2)30-20-10-8-17(13-22-20)25(27)28/h3-13H,1-2H3,(H,24,26)/b23-12-. The molecule has 9 heteroatoms. The van der Waals surface area contributed by atoms with E-state index in [1.807, 2.05) is 19.1 Å². The molecule has 1 N–H and O–H groups in total. The number of ether oxygens (including phenoxy) is 2. The molecule has 0 unspecified atom stereocenters. The van der Waals surface area contributed by atoms with Crippen LogP contribution in [0.1, 0.15) is 21.5 Å². The summed E-state index contributed by atoms with van der Waals surface area (Å²) in [5, 5.41) is 14.7. The van der Waals surface area contributed by atoms with Crippen molar-refractivity contribution in [1.29, 1.82) is 0 Å². The first kappa shape index (κ1) is 20.5. The number of nitrogens with zero attached hydrogens (tertiary/aromatic N) is 3. The number of aromatic nitrogens is 1. The Morgan fingerprint density at radius 2 is 1.90 bits per heavy atom. The van der Waals surface area contributed by atoms with Gasteiger partial charge in [-0.25, -0.2) is 10.4 Å². The Kier molecular flexibility index (Phi) is 6.33. The van der Waals surface area contributed by atoms with Gasteiger partial charge in [0.25, 0.3) is 11.6 Å². The number of nitrogens with one attached hydrogen (secondary N) is 1. The second-order valence-electron chi connectivity index (χ2n) is 6.19.